The predicted molar refractivity (Wildman–Crippen MR) is 121 cm³/mol. The number of ether oxygens (including phenoxy) is 2. The van der Waals surface area contributed by atoms with Gasteiger partial charge in [0.15, 0.2) is 11.5 Å². The first-order valence-electron chi connectivity index (χ1n) is 9.50. The molecule has 0 atom stereocenters. The molecule has 158 valence electrons. The number of nitriles is 1. The lowest BCUT2D eigenvalue weighted by Gasteiger charge is -2.13. The van der Waals surface area contributed by atoms with Crippen molar-refractivity contribution in [3.8, 4) is 17.6 Å². The molecular weight excluding hydrogens is 434 g/mol. The van der Waals surface area contributed by atoms with Gasteiger partial charge in [-0.05, 0) is 48.9 Å². The van der Waals surface area contributed by atoms with Crippen molar-refractivity contribution in [2.75, 3.05) is 6.61 Å². The van der Waals surface area contributed by atoms with Gasteiger partial charge >= 0.3 is 0 Å². The number of benzene rings is 3. The Labute approximate surface area is 187 Å². The van der Waals surface area contributed by atoms with Crippen LogP contribution >= 0.6 is 11.6 Å². The van der Waals surface area contributed by atoms with Crippen LogP contribution in [-0.4, -0.2) is 15.0 Å². The predicted octanol–water partition coefficient (Wildman–Crippen LogP) is 5.66. The van der Waals surface area contributed by atoms with Crippen molar-refractivity contribution in [3.63, 3.8) is 0 Å². The largest absolute Gasteiger partial charge is 0.490 e. The second-order valence-corrected chi connectivity index (χ2v) is 8.78. The Morgan fingerprint density at radius 3 is 2.39 bits per heavy atom. The van der Waals surface area contributed by atoms with Crippen LogP contribution in [0.2, 0.25) is 5.02 Å². The molecule has 0 unspecified atom stereocenters. The van der Waals surface area contributed by atoms with E-state index < -0.39 is 9.84 Å². The summed E-state index contributed by atoms with van der Waals surface area (Å²) in [5.74, 6) is 0.932. The number of nitrogens with zero attached hydrogens (tertiary/aromatic N) is 1. The van der Waals surface area contributed by atoms with Crippen LogP contribution in [0.5, 0.6) is 11.5 Å². The lowest BCUT2D eigenvalue weighted by atomic mass is 10.2. The Kier molecular flexibility index (Phi) is 7.35. The average molecular weight is 454 g/mol. The van der Waals surface area contributed by atoms with Crippen LogP contribution in [0.15, 0.2) is 82.6 Å². The number of rotatable bonds is 8. The van der Waals surface area contributed by atoms with Crippen LogP contribution in [0, 0.1) is 11.3 Å². The number of hydrogen-bond donors (Lipinski definition) is 0. The van der Waals surface area contributed by atoms with E-state index in [0.717, 1.165) is 5.56 Å². The summed E-state index contributed by atoms with van der Waals surface area (Å²) < 4.78 is 37.1. The van der Waals surface area contributed by atoms with E-state index >= 15 is 0 Å². The molecule has 0 saturated carbocycles. The molecule has 0 bridgehead atoms. The lowest BCUT2D eigenvalue weighted by Crippen LogP contribution is -2.03. The van der Waals surface area contributed by atoms with E-state index in [1.807, 2.05) is 25.1 Å². The van der Waals surface area contributed by atoms with Crippen LogP contribution in [-0.2, 0) is 16.4 Å². The maximum atomic E-state index is 12.8. The van der Waals surface area contributed by atoms with E-state index in [1.54, 1.807) is 48.5 Å². The maximum absolute atomic E-state index is 12.8. The summed E-state index contributed by atoms with van der Waals surface area (Å²) >= 11 is 6.18. The van der Waals surface area contributed by atoms with Gasteiger partial charge in [0.05, 0.1) is 11.5 Å². The zero-order valence-corrected chi connectivity index (χ0v) is 18.4. The molecule has 0 aliphatic heterocycles. The quantitative estimate of drug-likeness (QED) is 0.411. The molecule has 0 aromatic heterocycles. The van der Waals surface area contributed by atoms with Gasteiger partial charge in [-0.25, -0.2) is 8.42 Å². The summed E-state index contributed by atoms with van der Waals surface area (Å²) in [7, 11) is -3.92. The van der Waals surface area contributed by atoms with E-state index in [0.29, 0.717) is 28.7 Å². The van der Waals surface area contributed by atoms with Crippen LogP contribution in [0.4, 0.5) is 0 Å². The number of allylic oxidation sites excluding steroid dienone is 1. The van der Waals surface area contributed by atoms with Crippen LogP contribution in [0.25, 0.3) is 6.08 Å². The van der Waals surface area contributed by atoms with Gasteiger partial charge in [0.1, 0.15) is 17.6 Å². The molecule has 3 rings (SSSR count). The zero-order chi connectivity index (χ0) is 22.3. The lowest BCUT2D eigenvalue weighted by molar-refractivity contribution is 0.269. The molecule has 0 N–H and O–H groups in total. The van der Waals surface area contributed by atoms with Crippen molar-refractivity contribution in [3.05, 3.63) is 93.9 Å². The van der Waals surface area contributed by atoms with Crippen molar-refractivity contribution in [1.82, 2.24) is 0 Å². The van der Waals surface area contributed by atoms with Crippen molar-refractivity contribution in [2.45, 2.75) is 18.4 Å². The first kappa shape index (κ1) is 22.4. The van der Waals surface area contributed by atoms with Crippen LogP contribution < -0.4 is 9.47 Å². The van der Waals surface area contributed by atoms with Gasteiger partial charge in [-0.2, -0.15) is 5.26 Å². The maximum Gasteiger partial charge on any atom is 0.216 e. The third-order valence-corrected chi connectivity index (χ3v) is 6.41. The second-order valence-electron chi connectivity index (χ2n) is 6.46. The van der Waals surface area contributed by atoms with E-state index in [4.69, 9.17) is 21.1 Å². The molecule has 0 fully saturated rings. The third kappa shape index (κ3) is 5.46. The molecule has 0 saturated heterocycles. The van der Waals surface area contributed by atoms with Crippen LogP contribution in [0.1, 0.15) is 18.1 Å². The standard InChI is InChI=1S/C24H20ClNO4S/c1-2-29-24-15-18(12-13-23(24)30-17-19-8-6-7-11-22(19)25)14-21(16-26)31(27,28)20-9-4-3-5-10-20/h3-15H,2,17H2,1H3. The number of sulfone groups is 1. The molecule has 3 aromatic carbocycles. The minimum Gasteiger partial charge on any atom is -0.490 e. The van der Waals surface area contributed by atoms with Gasteiger partial charge in [0, 0.05) is 10.6 Å². The summed E-state index contributed by atoms with van der Waals surface area (Å²) in [6.07, 6.45) is 1.32. The van der Waals surface area contributed by atoms with Gasteiger partial charge in [0.25, 0.3) is 0 Å². The highest BCUT2D eigenvalue weighted by Crippen LogP contribution is 2.31. The first-order chi connectivity index (χ1) is 15.0. The Bertz CT molecular complexity index is 1230. The molecule has 31 heavy (non-hydrogen) atoms. The molecule has 0 spiro atoms. The van der Waals surface area contributed by atoms with Gasteiger partial charge < -0.3 is 9.47 Å². The van der Waals surface area contributed by atoms with Crippen molar-refractivity contribution in [2.24, 2.45) is 0 Å². The molecular formula is C24H20ClNO4S. The summed E-state index contributed by atoms with van der Waals surface area (Å²) in [4.78, 5) is -0.293. The highest BCUT2D eigenvalue weighted by atomic mass is 35.5. The van der Waals surface area contributed by atoms with E-state index in [9.17, 15) is 13.7 Å². The normalized spacial score (nSPS) is 11.6. The minimum absolute atomic E-state index is 0.0625. The third-order valence-electron chi connectivity index (χ3n) is 4.36. The Hall–Kier alpha value is -3.27. The summed E-state index contributed by atoms with van der Waals surface area (Å²) in [5.41, 5.74) is 1.33. The fourth-order valence-corrected chi connectivity index (χ4v) is 4.19. The monoisotopic (exact) mass is 453 g/mol. The summed E-state index contributed by atoms with van der Waals surface area (Å²) in [5, 5.41) is 10.1. The molecule has 0 heterocycles. The SMILES string of the molecule is CCOc1cc(C=C(C#N)S(=O)(=O)c2ccccc2)ccc1OCc1ccccc1Cl. The van der Waals surface area contributed by atoms with Crippen molar-refractivity contribution in [1.29, 1.82) is 5.26 Å². The highest BCUT2D eigenvalue weighted by molar-refractivity contribution is 7.95. The highest BCUT2D eigenvalue weighted by Gasteiger charge is 2.20. The average Bonchev–Trinajstić information content (AvgIpc) is 2.78. The van der Waals surface area contributed by atoms with Gasteiger partial charge in [-0.1, -0.05) is 54.1 Å². The molecule has 7 heteroatoms. The molecule has 3 aromatic rings. The molecule has 0 aliphatic rings. The molecule has 0 aliphatic carbocycles. The second kappa shape index (κ2) is 10.2. The topological polar surface area (TPSA) is 76.4 Å². The fourth-order valence-electron chi connectivity index (χ4n) is 2.82. The van der Waals surface area contributed by atoms with Crippen LogP contribution in [0.3, 0.4) is 0 Å². The van der Waals surface area contributed by atoms with Crippen molar-refractivity contribution >= 4 is 27.5 Å². The molecule has 0 amide bonds. The smallest absolute Gasteiger partial charge is 0.216 e. The summed E-state index contributed by atoms with van der Waals surface area (Å²) in [6, 6.07) is 22.0. The zero-order valence-electron chi connectivity index (χ0n) is 16.8. The minimum atomic E-state index is -3.92. The Morgan fingerprint density at radius 2 is 1.71 bits per heavy atom. The Morgan fingerprint density at radius 1 is 1.00 bits per heavy atom. The van der Waals surface area contributed by atoms with Gasteiger partial charge in [0.2, 0.25) is 9.84 Å². The van der Waals surface area contributed by atoms with E-state index in [2.05, 4.69) is 0 Å². The molecule has 0 radical (unpaired) electrons. The van der Waals surface area contributed by atoms with E-state index in [-0.39, 0.29) is 16.4 Å². The first-order valence-corrected chi connectivity index (χ1v) is 11.4. The van der Waals surface area contributed by atoms with Gasteiger partial charge in [-0.3, -0.25) is 0 Å². The fraction of sp³-hybridized carbons (Fsp3) is 0.125. The Balaban J connectivity index is 1.90. The van der Waals surface area contributed by atoms with Gasteiger partial charge in [-0.15, -0.1) is 0 Å². The summed E-state index contributed by atoms with van der Waals surface area (Å²) in [6.45, 7) is 2.48. The number of halogens is 1. The van der Waals surface area contributed by atoms with E-state index in [1.165, 1.54) is 18.2 Å². The number of hydrogen-bond acceptors (Lipinski definition) is 5. The molecule has 5 nitrogen and oxygen atoms in total. The van der Waals surface area contributed by atoms with Crippen molar-refractivity contribution < 1.29 is 17.9 Å².